The first kappa shape index (κ1) is 12.9. The minimum atomic E-state index is -0.0659. The van der Waals surface area contributed by atoms with Crippen molar-refractivity contribution in [3.8, 4) is 0 Å². The van der Waals surface area contributed by atoms with E-state index in [1.807, 2.05) is 17.8 Å². The van der Waals surface area contributed by atoms with Crippen LogP contribution in [-0.4, -0.2) is 23.7 Å². The second kappa shape index (κ2) is 5.08. The predicted molar refractivity (Wildman–Crippen MR) is 74.0 cm³/mol. The van der Waals surface area contributed by atoms with Crippen molar-refractivity contribution in [2.75, 3.05) is 18.1 Å². The minimum Gasteiger partial charge on any atom is -0.448 e. The van der Waals surface area contributed by atoms with Gasteiger partial charge in [0.15, 0.2) is 5.22 Å². The van der Waals surface area contributed by atoms with E-state index in [9.17, 15) is 0 Å². The van der Waals surface area contributed by atoms with Crippen molar-refractivity contribution in [2.45, 2.75) is 30.9 Å². The van der Waals surface area contributed by atoms with Gasteiger partial charge in [-0.15, -0.1) is 0 Å². The Morgan fingerprint density at radius 1 is 1.50 bits per heavy atom. The van der Waals surface area contributed by atoms with Gasteiger partial charge >= 0.3 is 0 Å². The third-order valence-corrected chi connectivity index (χ3v) is 5.45. The van der Waals surface area contributed by atoms with Gasteiger partial charge in [-0.3, -0.25) is 0 Å². The molecule has 2 N–H and O–H groups in total. The Morgan fingerprint density at radius 2 is 2.39 bits per heavy atom. The molecule has 0 aliphatic carbocycles. The molecule has 0 radical (unpaired) electrons. The fourth-order valence-electron chi connectivity index (χ4n) is 2.98. The van der Waals surface area contributed by atoms with Gasteiger partial charge in [-0.05, 0) is 54.7 Å². The molecule has 3 nitrogen and oxygen atoms in total. The first-order valence-corrected chi connectivity index (χ1v) is 7.94. The highest BCUT2D eigenvalue weighted by Gasteiger charge is 2.42. The third-order valence-electron chi connectivity index (χ3n) is 4.03. The van der Waals surface area contributed by atoms with E-state index in [1.54, 1.807) is 6.07 Å². The molecule has 3 heterocycles. The smallest absolute Gasteiger partial charge is 0.193 e. The Bertz CT molecular complexity index is 417. The molecule has 1 spiro atoms. The van der Waals surface area contributed by atoms with Gasteiger partial charge in [-0.2, -0.15) is 11.8 Å². The quantitative estimate of drug-likeness (QED) is 0.907. The maximum Gasteiger partial charge on any atom is 0.193 e. The normalized spacial score (nSPS) is 34.0. The Hall–Kier alpha value is -0.160. The van der Waals surface area contributed by atoms with Gasteiger partial charge in [-0.1, -0.05) is 0 Å². The van der Waals surface area contributed by atoms with Crippen LogP contribution >= 0.6 is 23.4 Å². The highest BCUT2D eigenvalue weighted by Crippen LogP contribution is 2.43. The summed E-state index contributed by atoms with van der Waals surface area (Å²) in [4.78, 5) is 0. The van der Waals surface area contributed by atoms with Crippen molar-refractivity contribution in [3.05, 3.63) is 23.1 Å². The largest absolute Gasteiger partial charge is 0.448 e. The van der Waals surface area contributed by atoms with E-state index in [0.29, 0.717) is 11.1 Å². The number of rotatable bonds is 2. The van der Waals surface area contributed by atoms with Gasteiger partial charge in [0.05, 0.1) is 11.6 Å². The lowest BCUT2D eigenvalue weighted by Gasteiger charge is -2.39. The second-order valence-corrected chi connectivity index (χ2v) is 6.73. The van der Waals surface area contributed by atoms with E-state index in [0.717, 1.165) is 37.4 Å². The van der Waals surface area contributed by atoms with Gasteiger partial charge in [0.2, 0.25) is 0 Å². The van der Waals surface area contributed by atoms with Crippen LogP contribution in [-0.2, 0) is 4.74 Å². The summed E-state index contributed by atoms with van der Waals surface area (Å²) in [7, 11) is 0. The number of hydrogen-bond acceptors (Lipinski definition) is 4. The van der Waals surface area contributed by atoms with Gasteiger partial charge < -0.3 is 14.9 Å². The third kappa shape index (κ3) is 2.44. The molecule has 0 aromatic carbocycles. The summed E-state index contributed by atoms with van der Waals surface area (Å²) in [5.74, 6) is 3.54. The monoisotopic (exact) mass is 287 g/mol. The van der Waals surface area contributed by atoms with Gasteiger partial charge in [0.1, 0.15) is 5.76 Å². The van der Waals surface area contributed by atoms with Crippen molar-refractivity contribution in [1.82, 2.24) is 0 Å². The number of halogens is 1. The number of furan rings is 1. The summed E-state index contributed by atoms with van der Waals surface area (Å²) in [6.45, 7) is 0.813. The van der Waals surface area contributed by atoms with Crippen LogP contribution in [0.5, 0.6) is 0 Å². The van der Waals surface area contributed by atoms with Crippen LogP contribution in [0, 0.1) is 5.92 Å². The molecule has 1 aromatic rings. The average Bonchev–Trinajstić information content (AvgIpc) is 2.98. The number of nitrogens with two attached hydrogens (primary N) is 1. The van der Waals surface area contributed by atoms with E-state index < -0.39 is 0 Å². The van der Waals surface area contributed by atoms with Crippen LogP contribution in [0.2, 0.25) is 5.22 Å². The fourth-order valence-corrected chi connectivity index (χ4v) is 4.51. The van der Waals surface area contributed by atoms with E-state index in [2.05, 4.69) is 0 Å². The summed E-state index contributed by atoms with van der Waals surface area (Å²) in [5.41, 5.74) is 6.39. The Labute approximate surface area is 116 Å². The molecule has 2 aliphatic heterocycles. The van der Waals surface area contributed by atoms with Crippen molar-refractivity contribution < 1.29 is 9.15 Å². The lowest BCUT2D eigenvalue weighted by Crippen LogP contribution is -2.42. The van der Waals surface area contributed by atoms with Crippen molar-refractivity contribution in [1.29, 1.82) is 0 Å². The lowest BCUT2D eigenvalue weighted by molar-refractivity contribution is -0.0842. The molecule has 2 saturated heterocycles. The maximum absolute atomic E-state index is 6.32. The molecular weight excluding hydrogens is 270 g/mol. The standard InChI is InChI=1S/C13H18ClNO2S/c14-11-2-1-10(17-11)12(15)9-3-5-16-13(7-9)4-6-18-8-13/h1-2,9,12H,3-8,15H2. The molecule has 3 atom stereocenters. The number of hydrogen-bond donors (Lipinski definition) is 1. The first-order valence-electron chi connectivity index (χ1n) is 6.41. The molecule has 2 fully saturated rings. The molecule has 0 bridgehead atoms. The summed E-state index contributed by atoms with van der Waals surface area (Å²) in [6, 6.07) is 3.58. The summed E-state index contributed by atoms with van der Waals surface area (Å²) in [5, 5.41) is 0.415. The van der Waals surface area contributed by atoms with Crippen molar-refractivity contribution in [2.24, 2.45) is 11.7 Å². The number of ether oxygens (including phenoxy) is 1. The van der Waals surface area contributed by atoms with E-state index >= 15 is 0 Å². The van der Waals surface area contributed by atoms with Crippen LogP contribution in [0.1, 0.15) is 31.1 Å². The molecule has 3 rings (SSSR count). The van der Waals surface area contributed by atoms with E-state index in [1.165, 1.54) is 5.75 Å². The Balaban J connectivity index is 1.72. The topological polar surface area (TPSA) is 48.4 Å². The van der Waals surface area contributed by atoms with Crippen LogP contribution in [0.4, 0.5) is 0 Å². The molecule has 2 aliphatic rings. The first-order chi connectivity index (χ1) is 8.69. The van der Waals surface area contributed by atoms with Crippen LogP contribution in [0.25, 0.3) is 0 Å². The zero-order valence-corrected chi connectivity index (χ0v) is 11.8. The van der Waals surface area contributed by atoms with Gasteiger partial charge in [0, 0.05) is 12.4 Å². The molecule has 3 unspecified atom stereocenters. The summed E-state index contributed by atoms with van der Waals surface area (Å²) >= 11 is 7.80. The fraction of sp³-hybridized carbons (Fsp3) is 0.692. The molecular formula is C13H18ClNO2S. The van der Waals surface area contributed by atoms with Gasteiger partial charge in [-0.25, -0.2) is 0 Å². The van der Waals surface area contributed by atoms with Crippen molar-refractivity contribution in [3.63, 3.8) is 0 Å². The second-order valence-electron chi connectivity index (χ2n) is 5.25. The SMILES string of the molecule is NC(c1ccc(Cl)o1)C1CCOC2(CCSC2)C1. The van der Waals surface area contributed by atoms with Crippen molar-refractivity contribution >= 4 is 23.4 Å². The molecule has 18 heavy (non-hydrogen) atoms. The van der Waals surface area contributed by atoms with E-state index in [4.69, 9.17) is 26.5 Å². The van der Waals surface area contributed by atoms with Gasteiger partial charge in [0.25, 0.3) is 0 Å². The highest BCUT2D eigenvalue weighted by molar-refractivity contribution is 7.99. The average molecular weight is 288 g/mol. The Kier molecular flexibility index (Phi) is 3.63. The molecule has 1 aromatic heterocycles. The molecule has 0 saturated carbocycles. The number of thioether (sulfide) groups is 1. The zero-order valence-electron chi connectivity index (χ0n) is 10.2. The summed E-state index contributed by atoms with van der Waals surface area (Å²) in [6.07, 6.45) is 3.20. The molecule has 100 valence electrons. The predicted octanol–water partition coefficient (Wildman–Crippen LogP) is 3.24. The van der Waals surface area contributed by atoms with Crippen LogP contribution in [0.3, 0.4) is 0 Å². The lowest BCUT2D eigenvalue weighted by atomic mass is 9.81. The maximum atomic E-state index is 6.32. The van der Waals surface area contributed by atoms with E-state index in [-0.39, 0.29) is 11.6 Å². The minimum absolute atomic E-state index is 0.0659. The Morgan fingerprint density at radius 3 is 3.06 bits per heavy atom. The molecule has 0 amide bonds. The zero-order chi connectivity index (χ0) is 12.6. The van der Waals surface area contributed by atoms with Crippen LogP contribution in [0.15, 0.2) is 16.5 Å². The highest BCUT2D eigenvalue weighted by atomic mass is 35.5. The van der Waals surface area contributed by atoms with Crippen LogP contribution < -0.4 is 5.73 Å². The summed E-state index contributed by atoms with van der Waals surface area (Å²) < 4.78 is 11.5. The molecule has 5 heteroatoms.